The lowest BCUT2D eigenvalue weighted by Crippen LogP contribution is -2.32. The van der Waals surface area contributed by atoms with Crippen LogP contribution in [0.1, 0.15) is 11.3 Å². The number of hydrogen-bond donors (Lipinski definition) is 1. The number of nitrogens with zero attached hydrogens (tertiary/aromatic N) is 2. The smallest absolute Gasteiger partial charge is 0.275 e. The van der Waals surface area contributed by atoms with Gasteiger partial charge in [-0.2, -0.15) is 5.26 Å². The van der Waals surface area contributed by atoms with Gasteiger partial charge in [0.2, 0.25) is 10.0 Å². The molecule has 0 aromatic carbocycles. The van der Waals surface area contributed by atoms with Crippen LogP contribution in [0.5, 0.6) is 0 Å². The molecule has 118 valence electrons. The number of nitrogens with one attached hydrogen (secondary N) is 1. The van der Waals surface area contributed by atoms with Gasteiger partial charge in [-0.05, 0) is 23.8 Å². The van der Waals surface area contributed by atoms with Gasteiger partial charge in [0, 0.05) is 12.3 Å². The van der Waals surface area contributed by atoms with Crippen LogP contribution in [0.3, 0.4) is 0 Å². The highest BCUT2D eigenvalue weighted by molar-refractivity contribution is 7.89. The molecule has 2 aromatic rings. The molecule has 0 spiro atoms. The lowest BCUT2D eigenvalue weighted by atomic mass is 10.2. The van der Waals surface area contributed by atoms with E-state index in [9.17, 15) is 13.2 Å². The Morgan fingerprint density at radius 3 is 2.78 bits per heavy atom. The maximum Gasteiger partial charge on any atom is 0.275 e. The molecule has 7 nitrogen and oxygen atoms in total. The Bertz CT molecular complexity index is 866. The zero-order chi connectivity index (χ0) is 16.9. The van der Waals surface area contributed by atoms with Gasteiger partial charge in [0.05, 0.1) is 12.0 Å². The van der Waals surface area contributed by atoms with Gasteiger partial charge in [-0.25, -0.2) is 18.1 Å². The quantitative estimate of drug-likeness (QED) is 0.500. The third kappa shape index (κ3) is 4.95. The number of rotatable bonds is 5. The van der Waals surface area contributed by atoms with E-state index >= 15 is 0 Å². The molecule has 0 atom stereocenters. The van der Waals surface area contributed by atoms with Gasteiger partial charge in [-0.3, -0.25) is 4.79 Å². The lowest BCUT2D eigenvalue weighted by molar-refractivity contribution is -0.115. The first-order valence-electron chi connectivity index (χ1n) is 6.20. The Morgan fingerprint density at radius 1 is 1.43 bits per heavy atom. The minimum Gasteiger partial charge on any atom is -0.465 e. The summed E-state index contributed by atoms with van der Waals surface area (Å²) in [5.41, 5.74) is -0.0408. The number of sulfonamides is 1. The average Bonchev–Trinajstić information content (AvgIpc) is 2.99. The summed E-state index contributed by atoms with van der Waals surface area (Å²) in [6.45, 7) is 0. The molecule has 0 saturated carbocycles. The van der Waals surface area contributed by atoms with E-state index in [0.29, 0.717) is 5.56 Å². The van der Waals surface area contributed by atoms with Crippen molar-refractivity contribution in [3.05, 3.63) is 58.8 Å². The van der Waals surface area contributed by atoms with Gasteiger partial charge in [-0.15, -0.1) is 0 Å². The Hall–Kier alpha value is -2.63. The number of amides is 1. The number of aromatic nitrogens is 1. The van der Waals surface area contributed by atoms with Crippen molar-refractivity contribution in [2.45, 2.75) is 5.75 Å². The van der Waals surface area contributed by atoms with Crippen molar-refractivity contribution < 1.29 is 17.6 Å². The van der Waals surface area contributed by atoms with E-state index in [2.05, 4.69) is 4.98 Å². The zero-order valence-electron chi connectivity index (χ0n) is 11.6. The first-order valence-corrected chi connectivity index (χ1v) is 8.23. The maximum absolute atomic E-state index is 12.0. The van der Waals surface area contributed by atoms with Crippen LogP contribution in [0.15, 0.2) is 46.7 Å². The Labute approximate surface area is 137 Å². The van der Waals surface area contributed by atoms with Crippen LogP contribution in [-0.2, 0) is 20.6 Å². The molecule has 0 unspecified atom stereocenters. The second kappa shape index (κ2) is 7.09. The van der Waals surface area contributed by atoms with Crippen LogP contribution in [0.2, 0.25) is 5.15 Å². The number of carbonyl (C=O) groups is 1. The molecule has 9 heteroatoms. The highest BCUT2D eigenvalue weighted by Gasteiger charge is 2.19. The number of pyridine rings is 1. The Kier molecular flexibility index (Phi) is 5.16. The summed E-state index contributed by atoms with van der Waals surface area (Å²) < 4.78 is 30.7. The normalized spacial score (nSPS) is 11.7. The predicted octanol–water partition coefficient (Wildman–Crippen LogP) is 1.88. The number of hydrogen-bond acceptors (Lipinski definition) is 6. The topological polar surface area (TPSA) is 113 Å². The fourth-order valence-corrected chi connectivity index (χ4v) is 2.79. The monoisotopic (exact) mass is 351 g/mol. The zero-order valence-corrected chi connectivity index (χ0v) is 13.1. The van der Waals surface area contributed by atoms with Gasteiger partial charge in [0.25, 0.3) is 5.91 Å². The Balaban J connectivity index is 2.11. The molecule has 2 heterocycles. The van der Waals surface area contributed by atoms with Crippen molar-refractivity contribution in [3.8, 4) is 6.07 Å². The number of nitriles is 1. The second-order valence-electron chi connectivity index (χ2n) is 4.36. The average molecular weight is 352 g/mol. The van der Waals surface area contributed by atoms with Crippen molar-refractivity contribution in [2.75, 3.05) is 0 Å². The van der Waals surface area contributed by atoms with Gasteiger partial charge in [0.1, 0.15) is 22.6 Å². The van der Waals surface area contributed by atoms with E-state index in [1.165, 1.54) is 30.7 Å². The molecule has 1 N–H and O–H groups in total. The lowest BCUT2D eigenvalue weighted by Gasteiger charge is -2.06. The summed E-state index contributed by atoms with van der Waals surface area (Å²) >= 11 is 5.61. The highest BCUT2D eigenvalue weighted by Crippen LogP contribution is 2.10. The summed E-state index contributed by atoms with van der Waals surface area (Å²) in [7, 11) is -3.99. The summed E-state index contributed by atoms with van der Waals surface area (Å²) in [6, 6.07) is 7.64. The van der Waals surface area contributed by atoms with E-state index in [0.717, 1.165) is 6.08 Å². The molecular weight excluding hydrogens is 342 g/mol. The van der Waals surface area contributed by atoms with Crippen LogP contribution in [0.4, 0.5) is 0 Å². The molecular formula is C14H10ClN3O4S. The van der Waals surface area contributed by atoms with Crippen LogP contribution in [-0.4, -0.2) is 19.3 Å². The SMILES string of the molecule is N#CC(=Cc1ccco1)C(=O)NS(=O)(=O)Cc1ccc(Cl)nc1. The molecule has 1 amide bonds. The molecule has 2 rings (SSSR count). The van der Waals surface area contributed by atoms with Crippen molar-refractivity contribution >= 4 is 33.6 Å². The van der Waals surface area contributed by atoms with Gasteiger partial charge in [-0.1, -0.05) is 17.7 Å². The van der Waals surface area contributed by atoms with E-state index in [-0.39, 0.29) is 10.9 Å². The molecule has 2 aromatic heterocycles. The minimum atomic E-state index is -3.99. The predicted molar refractivity (Wildman–Crippen MR) is 82.3 cm³/mol. The van der Waals surface area contributed by atoms with E-state index in [4.69, 9.17) is 21.3 Å². The fraction of sp³-hybridized carbons (Fsp3) is 0.0714. The Morgan fingerprint density at radius 2 is 2.22 bits per heavy atom. The van der Waals surface area contributed by atoms with E-state index in [1.807, 2.05) is 4.72 Å². The molecule has 0 aliphatic carbocycles. The van der Waals surface area contributed by atoms with Crippen molar-refractivity contribution in [1.29, 1.82) is 5.26 Å². The van der Waals surface area contributed by atoms with E-state index in [1.54, 1.807) is 12.1 Å². The number of furan rings is 1. The number of halogens is 1. The van der Waals surface area contributed by atoms with E-state index < -0.39 is 27.3 Å². The van der Waals surface area contributed by atoms with Crippen molar-refractivity contribution in [1.82, 2.24) is 9.71 Å². The standard InChI is InChI=1S/C14H10ClN3O4S/c15-13-4-3-10(8-17-13)9-23(20,21)18-14(19)11(7-16)6-12-2-1-5-22-12/h1-6,8H,9H2,(H,18,19). The van der Waals surface area contributed by atoms with Crippen LogP contribution in [0, 0.1) is 11.3 Å². The third-order valence-corrected chi connectivity index (χ3v) is 4.02. The third-order valence-electron chi connectivity index (χ3n) is 2.59. The molecule has 0 saturated heterocycles. The highest BCUT2D eigenvalue weighted by atomic mass is 35.5. The minimum absolute atomic E-state index is 0.225. The first-order chi connectivity index (χ1) is 10.9. The molecule has 0 fully saturated rings. The summed E-state index contributed by atoms with van der Waals surface area (Å²) in [5.74, 6) is -1.25. The van der Waals surface area contributed by atoms with Gasteiger partial charge < -0.3 is 4.42 Å². The van der Waals surface area contributed by atoms with Crippen LogP contribution >= 0.6 is 11.6 Å². The van der Waals surface area contributed by atoms with Gasteiger partial charge >= 0.3 is 0 Å². The summed E-state index contributed by atoms with van der Waals surface area (Å²) in [6.07, 6.45) is 3.80. The molecule has 0 aliphatic rings. The maximum atomic E-state index is 12.0. The summed E-state index contributed by atoms with van der Waals surface area (Å²) in [4.78, 5) is 15.7. The molecule has 23 heavy (non-hydrogen) atoms. The molecule has 0 bridgehead atoms. The van der Waals surface area contributed by atoms with Crippen LogP contribution < -0.4 is 4.72 Å². The summed E-state index contributed by atoms with van der Waals surface area (Å²) in [5, 5.41) is 9.20. The van der Waals surface area contributed by atoms with Crippen LogP contribution in [0.25, 0.3) is 6.08 Å². The molecule has 0 aliphatic heterocycles. The van der Waals surface area contributed by atoms with Crippen molar-refractivity contribution in [2.24, 2.45) is 0 Å². The van der Waals surface area contributed by atoms with Gasteiger partial charge in [0.15, 0.2) is 0 Å². The fourth-order valence-electron chi connectivity index (χ4n) is 1.61. The number of carbonyl (C=O) groups excluding carboxylic acids is 1. The molecule has 0 radical (unpaired) electrons. The first kappa shape index (κ1) is 16.7. The largest absolute Gasteiger partial charge is 0.465 e. The van der Waals surface area contributed by atoms with Crippen molar-refractivity contribution in [3.63, 3.8) is 0 Å². The second-order valence-corrected chi connectivity index (χ2v) is 6.47.